The number of hydrogen-bond acceptors (Lipinski definition) is 4. The molecule has 150 valence electrons. The molecule has 3 aromatic rings. The zero-order valence-electron chi connectivity index (χ0n) is 17.0. The monoisotopic (exact) mass is 409 g/mol. The molecule has 0 spiro atoms. The van der Waals surface area contributed by atoms with Gasteiger partial charge in [0.25, 0.3) is 5.91 Å². The molecule has 4 nitrogen and oxygen atoms in total. The molecule has 0 atom stereocenters. The summed E-state index contributed by atoms with van der Waals surface area (Å²) in [4.78, 5) is 20.6. The Kier molecular flexibility index (Phi) is 4.90. The minimum atomic E-state index is -0.341. The number of nitrogens with zero attached hydrogens (tertiary/aromatic N) is 2. The van der Waals surface area contributed by atoms with Crippen LogP contribution in [0.4, 0.5) is 15.2 Å². The lowest BCUT2D eigenvalue weighted by atomic mass is 10.1. The van der Waals surface area contributed by atoms with E-state index in [1.807, 2.05) is 12.1 Å². The summed E-state index contributed by atoms with van der Waals surface area (Å²) >= 11 is 1.66. The third-order valence-corrected chi connectivity index (χ3v) is 5.75. The molecule has 0 saturated carbocycles. The number of carbonyl (C=O) groups excluding carboxylic acids is 1. The maximum Gasteiger partial charge on any atom is 0.258 e. The van der Waals surface area contributed by atoms with Crippen molar-refractivity contribution in [2.45, 2.75) is 39.7 Å². The normalized spacial score (nSPS) is 13.5. The van der Waals surface area contributed by atoms with Crippen LogP contribution in [0, 0.1) is 12.7 Å². The van der Waals surface area contributed by atoms with Gasteiger partial charge in [-0.25, -0.2) is 9.37 Å². The molecule has 1 N–H and O–H groups in total. The smallest absolute Gasteiger partial charge is 0.258 e. The molecule has 6 heteroatoms. The zero-order valence-corrected chi connectivity index (χ0v) is 17.9. The second-order valence-corrected chi connectivity index (χ2v) is 9.56. The Bertz CT molecular complexity index is 1070. The first kappa shape index (κ1) is 19.6. The number of rotatable bonds is 3. The van der Waals surface area contributed by atoms with Crippen LogP contribution in [-0.4, -0.2) is 23.0 Å². The first-order valence-corrected chi connectivity index (χ1v) is 10.5. The Labute approximate surface area is 174 Å². The third kappa shape index (κ3) is 4.03. The molecule has 0 bridgehead atoms. The number of fused-ring (bicyclic) bond motifs is 1. The lowest BCUT2D eigenvalue weighted by molar-refractivity contribution is 0.0989. The number of carbonyl (C=O) groups is 1. The Morgan fingerprint density at radius 3 is 2.59 bits per heavy atom. The first-order valence-electron chi connectivity index (χ1n) is 9.67. The van der Waals surface area contributed by atoms with Crippen molar-refractivity contribution in [3.63, 3.8) is 0 Å². The summed E-state index contributed by atoms with van der Waals surface area (Å²) in [5.74, 6) is -0.440. The predicted molar refractivity (Wildman–Crippen MR) is 117 cm³/mol. The average Bonchev–Trinajstić information content (AvgIpc) is 3.23. The fraction of sp³-hybridized carbons (Fsp3) is 0.304. The van der Waals surface area contributed by atoms with Crippen molar-refractivity contribution < 1.29 is 9.18 Å². The minimum Gasteiger partial charge on any atom is -0.357 e. The van der Waals surface area contributed by atoms with Crippen LogP contribution in [0.2, 0.25) is 0 Å². The van der Waals surface area contributed by atoms with Crippen LogP contribution < -0.4 is 10.2 Å². The number of benzene rings is 2. The number of halogens is 1. The highest BCUT2D eigenvalue weighted by molar-refractivity contribution is 7.16. The summed E-state index contributed by atoms with van der Waals surface area (Å²) in [6.07, 6.45) is 0.798. The van der Waals surface area contributed by atoms with Crippen LogP contribution in [0.3, 0.4) is 0 Å². The molecule has 2 heterocycles. The average molecular weight is 410 g/mol. The number of amides is 1. The van der Waals surface area contributed by atoms with Crippen molar-refractivity contribution in [1.29, 1.82) is 0 Å². The lowest BCUT2D eigenvalue weighted by Gasteiger charge is -2.19. The zero-order chi connectivity index (χ0) is 20.8. The largest absolute Gasteiger partial charge is 0.357 e. The second kappa shape index (κ2) is 7.26. The highest BCUT2D eigenvalue weighted by Gasteiger charge is 2.26. The molecule has 29 heavy (non-hydrogen) atoms. The van der Waals surface area contributed by atoms with Gasteiger partial charge in [0.05, 0.1) is 5.69 Å². The molecule has 1 amide bonds. The van der Waals surface area contributed by atoms with Gasteiger partial charge in [0.15, 0.2) is 5.13 Å². The second-order valence-electron chi connectivity index (χ2n) is 8.36. The van der Waals surface area contributed by atoms with E-state index in [2.05, 4.69) is 39.1 Å². The van der Waals surface area contributed by atoms with E-state index >= 15 is 0 Å². The Morgan fingerprint density at radius 2 is 1.90 bits per heavy atom. The molecular formula is C23H24FN3OS. The molecule has 0 unspecified atom stereocenters. The van der Waals surface area contributed by atoms with E-state index in [9.17, 15) is 9.18 Å². The van der Waals surface area contributed by atoms with Gasteiger partial charge in [0, 0.05) is 33.8 Å². The number of aromatic nitrogens is 1. The standard InChI is InChI=1S/C23H24FN3OS/c1-14-20(25-22(29-14)26-23(2,3)4)17-7-10-19-16(13-17)11-12-27(19)21(28)15-5-8-18(24)9-6-15/h5-10,13H,11-12H2,1-4H3,(H,25,26). The van der Waals surface area contributed by atoms with E-state index in [-0.39, 0.29) is 17.3 Å². The van der Waals surface area contributed by atoms with Gasteiger partial charge >= 0.3 is 0 Å². The number of thiazole rings is 1. The van der Waals surface area contributed by atoms with Crippen LogP contribution in [-0.2, 0) is 6.42 Å². The van der Waals surface area contributed by atoms with Crippen LogP contribution in [0.15, 0.2) is 42.5 Å². The maximum atomic E-state index is 13.2. The summed E-state index contributed by atoms with van der Waals surface area (Å²) in [7, 11) is 0. The van der Waals surface area contributed by atoms with Crippen LogP contribution in [0.25, 0.3) is 11.3 Å². The topological polar surface area (TPSA) is 45.2 Å². The summed E-state index contributed by atoms with van der Waals surface area (Å²) < 4.78 is 13.2. The molecule has 1 aromatic heterocycles. The van der Waals surface area contributed by atoms with Crippen molar-refractivity contribution >= 4 is 28.1 Å². The van der Waals surface area contributed by atoms with Crippen molar-refractivity contribution in [3.8, 4) is 11.3 Å². The number of nitrogens with one attached hydrogen (secondary N) is 1. The Morgan fingerprint density at radius 1 is 1.17 bits per heavy atom. The molecule has 0 aliphatic carbocycles. The molecule has 0 radical (unpaired) electrons. The number of aryl methyl sites for hydroxylation is 1. The van der Waals surface area contributed by atoms with Crippen molar-refractivity contribution in [2.24, 2.45) is 0 Å². The summed E-state index contributed by atoms with van der Waals surface area (Å²) in [6.45, 7) is 9.06. The maximum absolute atomic E-state index is 13.2. The Hall–Kier alpha value is -2.73. The van der Waals surface area contributed by atoms with E-state index in [1.165, 1.54) is 24.3 Å². The van der Waals surface area contributed by atoms with E-state index in [0.717, 1.165) is 38.9 Å². The van der Waals surface area contributed by atoms with Crippen LogP contribution in [0.1, 0.15) is 41.6 Å². The van der Waals surface area contributed by atoms with Crippen molar-refractivity contribution in [3.05, 3.63) is 64.3 Å². The van der Waals surface area contributed by atoms with E-state index in [0.29, 0.717) is 12.1 Å². The summed E-state index contributed by atoms with van der Waals surface area (Å²) in [6, 6.07) is 11.9. The van der Waals surface area contributed by atoms with Crippen molar-refractivity contribution in [2.75, 3.05) is 16.8 Å². The van der Waals surface area contributed by atoms with Crippen LogP contribution in [0.5, 0.6) is 0 Å². The molecule has 1 aliphatic heterocycles. The van der Waals surface area contributed by atoms with Gasteiger partial charge in [-0.3, -0.25) is 4.79 Å². The van der Waals surface area contributed by atoms with Gasteiger partial charge < -0.3 is 10.2 Å². The van der Waals surface area contributed by atoms with Crippen molar-refractivity contribution in [1.82, 2.24) is 4.98 Å². The number of hydrogen-bond donors (Lipinski definition) is 1. The highest BCUT2D eigenvalue weighted by Crippen LogP contribution is 2.36. The van der Waals surface area contributed by atoms with Gasteiger partial charge in [-0.1, -0.05) is 6.07 Å². The SMILES string of the molecule is Cc1sc(NC(C)(C)C)nc1-c1ccc2c(c1)CCN2C(=O)c1ccc(F)cc1. The molecule has 4 rings (SSSR count). The van der Waals surface area contributed by atoms with E-state index < -0.39 is 0 Å². The molecule has 1 aliphatic rings. The van der Waals surface area contributed by atoms with E-state index in [4.69, 9.17) is 4.98 Å². The lowest BCUT2D eigenvalue weighted by Crippen LogP contribution is -2.28. The molecule has 2 aromatic carbocycles. The highest BCUT2D eigenvalue weighted by atomic mass is 32.1. The summed E-state index contributed by atoms with van der Waals surface area (Å²) in [5, 5.41) is 4.35. The van der Waals surface area contributed by atoms with E-state index in [1.54, 1.807) is 16.2 Å². The quantitative estimate of drug-likeness (QED) is 0.606. The third-order valence-electron chi connectivity index (χ3n) is 4.86. The first-order chi connectivity index (χ1) is 13.7. The van der Waals surface area contributed by atoms with Gasteiger partial charge in [0.1, 0.15) is 5.82 Å². The number of anilines is 2. The van der Waals surface area contributed by atoms with Gasteiger partial charge in [-0.05, 0) is 76.1 Å². The molecular weight excluding hydrogens is 385 g/mol. The fourth-order valence-corrected chi connectivity index (χ4v) is 4.59. The molecule has 0 fully saturated rings. The van der Waals surface area contributed by atoms with Gasteiger partial charge in [-0.15, -0.1) is 11.3 Å². The molecule has 0 saturated heterocycles. The predicted octanol–water partition coefficient (Wildman–Crippen LogP) is 5.67. The fourth-order valence-electron chi connectivity index (χ4n) is 3.55. The Balaban J connectivity index is 1.61. The summed E-state index contributed by atoms with van der Waals surface area (Å²) in [5.41, 5.74) is 4.56. The van der Waals surface area contributed by atoms with Gasteiger partial charge in [0.2, 0.25) is 0 Å². The van der Waals surface area contributed by atoms with Gasteiger partial charge in [-0.2, -0.15) is 0 Å². The minimum absolute atomic E-state index is 0.0410. The van der Waals surface area contributed by atoms with Crippen LogP contribution >= 0.6 is 11.3 Å².